The normalized spacial score (nSPS) is 16.2. The number of hydrogen-bond donors (Lipinski definition) is 2. The van der Waals surface area contributed by atoms with E-state index in [0.717, 1.165) is 25.0 Å². The minimum Gasteiger partial charge on any atom is -0.369 e. The average Bonchev–Trinajstić information content (AvgIpc) is 3.55. The van der Waals surface area contributed by atoms with Gasteiger partial charge in [-0.2, -0.15) is 26.3 Å². The Hall–Kier alpha value is -2.60. The largest absolute Gasteiger partial charge is 0.430 e. The monoisotopic (exact) mass is 509 g/mol. The highest BCUT2D eigenvalue weighted by Crippen LogP contribution is 2.50. The first-order valence-electron chi connectivity index (χ1n) is 10.2. The van der Waals surface area contributed by atoms with E-state index in [1.54, 1.807) is 0 Å². The van der Waals surface area contributed by atoms with Crippen molar-refractivity contribution in [3.8, 4) is 0 Å². The molecule has 1 amide bonds. The zero-order chi connectivity index (χ0) is 25.5. The fourth-order valence-electron chi connectivity index (χ4n) is 3.34. The van der Waals surface area contributed by atoms with Crippen LogP contribution in [0, 0.1) is 5.92 Å². The van der Waals surface area contributed by atoms with Gasteiger partial charge in [0.15, 0.2) is 9.84 Å². The van der Waals surface area contributed by atoms with Gasteiger partial charge < -0.3 is 10.4 Å². The number of amides is 1. The SMILES string of the molecule is CC(C(=O)Nc1ccc(C(O)(C(F)(F)F)C(F)(F)F)cc1)c1ccc(S(=O)(=O)CC2CC2)cc1. The number of rotatable bonds is 7. The van der Waals surface area contributed by atoms with E-state index < -0.39 is 45.2 Å². The molecule has 0 heterocycles. The molecule has 3 rings (SSSR count). The van der Waals surface area contributed by atoms with Crippen LogP contribution in [0.15, 0.2) is 53.4 Å². The van der Waals surface area contributed by atoms with Gasteiger partial charge in [0.1, 0.15) is 0 Å². The zero-order valence-electron chi connectivity index (χ0n) is 17.7. The summed E-state index contributed by atoms with van der Waals surface area (Å²) < 4.78 is 103. The number of carbonyl (C=O) groups excluding carboxylic acids is 1. The Morgan fingerprint density at radius 2 is 1.47 bits per heavy atom. The molecule has 0 aromatic heterocycles. The summed E-state index contributed by atoms with van der Waals surface area (Å²) in [6, 6.07) is 8.22. The summed E-state index contributed by atoms with van der Waals surface area (Å²) in [6.07, 6.45) is -10.3. The number of carbonyl (C=O) groups is 1. The fourth-order valence-corrected chi connectivity index (χ4v) is 5.04. The minimum absolute atomic E-state index is 0.0657. The van der Waals surface area contributed by atoms with Gasteiger partial charge in [-0.15, -0.1) is 0 Å². The molecular formula is C22H21F6NO4S. The first-order valence-corrected chi connectivity index (χ1v) is 11.8. The number of alkyl halides is 6. The third-order valence-corrected chi connectivity index (χ3v) is 7.58. The van der Waals surface area contributed by atoms with E-state index in [2.05, 4.69) is 5.32 Å². The van der Waals surface area contributed by atoms with Gasteiger partial charge in [-0.1, -0.05) is 24.3 Å². The third-order valence-electron chi connectivity index (χ3n) is 5.68. The molecule has 0 bridgehead atoms. The molecule has 5 nitrogen and oxygen atoms in total. The standard InChI is InChI=1S/C22H21F6NO4S/c1-13(15-4-10-18(11-5-15)34(32,33)12-14-2-3-14)19(30)29-17-8-6-16(7-9-17)20(31,21(23,24)25)22(26,27)28/h4-11,13-14,31H,2-3,12H2,1H3,(H,29,30). The van der Waals surface area contributed by atoms with Crippen molar-refractivity contribution in [1.82, 2.24) is 0 Å². The third kappa shape index (κ3) is 5.22. The molecule has 1 aliphatic carbocycles. The smallest absolute Gasteiger partial charge is 0.369 e. The number of sulfone groups is 1. The lowest BCUT2D eigenvalue weighted by atomic mass is 9.92. The second-order valence-corrected chi connectivity index (χ2v) is 10.3. The van der Waals surface area contributed by atoms with E-state index in [1.165, 1.54) is 31.2 Å². The topological polar surface area (TPSA) is 83.5 Å². The first kappa shape index (κ1) is 26.0. The van der Waals surface area contributed by atoms with Gasteiger partial charge in [0, 0.05) is 11.3 Å². The van der Waals surface area contributed by atoms with Crippen molar-refractivity contribution in [2.24, 2.45) is 5.92 Å². The lowest BCUT2D eigenvalue weighted by molar-refractivity contribution is -0.376. The van der Waals surface area contributed by atoms with Crippen LogP contribution in [0.4, 0.5) is 32.0 Å². The van der Waals surface area contributed by atoms with E-state index in [4.69, 9.17) is 0 Å². The van der Waals surface area contributed by atoms with Crippen LogP contribution in [-0.2, 0) is 20.2 Å². The summed E-state index contributed by atoms with van der Waals surface area (Å²) in [5.74, 6) is -1.19. The number of anilines is 1. The van der Waals surface area contributed by atoms with Crippen molar-refractivity contribution < 1.29 is 44.7 Å². The lowest BCUT2D eigenvalue weighted by Gasteiger charge is -2.32. The average molecular weight is 509 g/mol. The second kappa shape index (κ2) is 8.88. The molecule has 12 heteroatoms. The first-order chi connectivity index (χ1) is 15.6. The van der Waals surface area contributed by atoms with Crippen molar-refractivity contribution in [3.63, 3.8) is 0 Å². The van der Waals surface area contributed by atoms with E-state index in [0.29, 0.717) is 17.7 Å². The van der Waals surface area contributed by atoms with Crippen LogP contribution in [0.25, 0.3) is 0 Å². The Kier molecular flexibility index (Phi) is 6.79. The Labute approximate surface area is 191 Å². The van der Waals surface area contributed by atoms with Crippen LogP contribution >= 0.6 is 0 Å². The highest BCUT2D eigenvalue weighted by atomic mass is 32.2. The highest BCUT2D eigenvalue weighted by Gasteiger charge is 2.71. The zero-order valence-corrected chi connectivity index (χ0v) is 18.6. The molecule has 2 aromatic rings. The molecule has 0 saturated heterocycles. The molecule has 1 aliphatic rings. The van der Waals surface area contributed by atoms with Crippen LogP contribution in [0.1, 0.15) is 36.8 Å². The molecule has 1 unspecified atom stereocenters. The number of nitrogens with one attached hydrogen (secondary N) is 1. The summed E-state index contributed by atoms with van der Waals surface area (Å²) in [5.41, 5.74) is -6.13. The van der Waals surface area contributed by atoms with E-state index in [1.807, 2.05) is 0 Å². The molecule has 34 heavy (non-hydrogen) atoms. The van der Waals surface area contributed by atoms with Crippen molar-refractivity contribution in [3.05, 3.63) is 59.7 Å². The maximum absolute atomic E-state index is 13.0. The van der Waals surface area contributed by atoms with Gasteiger partial charge in [0.2, 0.25) is 5.91 Å². The van der Waals surface area contributed by atoms with Gasteiger partial charge >= 0.3 is 12.4 Å². The molecule has 1 fully saturated rings. The van der Waals surface area contributed by atoms with Gasteiger partial charge in [0.25, 0.3) is 5.60 Å². The maximum Gasteiger partial charge on any atom is 0.430 e. The van der Waals surface area contributed by atoms with Crippen LogP contribution in [-0.4, -0.2) is 37.5 Å². The highest BCUT2D eigenvalue weighted by molar-refractivity contribution is 7.91. The van der Waals surface area contributed by atoms with Crippen LogP contribution in [0.3, 0.4) is 0 Å². The van der Waals surface area contributed by atoms with E-state index in [9.17, 15) is 44.7 Å². The van der Waals surface area contributed by atoms with Gasteiger partial charge in [-0.05, 0) is 55.5 Å². The summed E-state index contributed by atoms with van der Waals surface area (Å²) in [5, 5.41) is 11.8. The molecule has 1 saturated carbocycles. The molecular weight excluding hydrogens is 488 g/mol. The van der Waals surface area contributed by atoms with Gasteiger partial charge in [-0.25, -0.2) is 8.42 Å². The Morgan fingerprint density at radius 1 is 0.971 bits per heavy atom. The second-order valence-electron chi connectivity index (χ2n) is 8.29. The quantitative estimate of drug-likeness (QED) is 0.519. The summed E-state index contributed by atoms with van der Waals surface area (Å²) in [4.78, 5) is 12.6. The Balaban J connectivity index is 1.72. The van der Waals surface area contributed by atoms with Gasteiger partial charge in [0.05, 0.1) is 16.6 Å². The molecule has 2 aromatic carbocycles. The van der Waals surface area contributed by atoms with Gasteiger partial charge in [-0.3, -0.25) is 4.79 Å². The van der Waals surface area contributed by atoms with Crippen molar-refractivity contribution in [2.45, 2.75) is 48.5 Å². The molecule has 0 spiro atoms. The number of benzene rings is 2. The summed E-state index contributed by atoms with van der Waals surface area (Å²) >= 11 is 0. The van der Waals surface area contributed by atoms with Crippen molar-refractivity contribution in [1.29, 1.82) is 0 Å². The number of halogens is 6. The summed E-state index contributed by atoms with van der Waals surface area (Å²) in [6.45, 7) is 1.50. The Morgan fingerprint density at radius 3 is 1.91 bits per heavy atom. The number of aliphatic hydroxyl groups is 1. The maximum atomic E-state index is 13.0. The molecule has 1 atom stereocenters. The minimum atomic E-state index is -6.01. The van der Waals surface area contributed by atoms with E-state index >= 15 is 0 Å². The fraction of sp³-hybridized carbons (Fsp3) is 0.409. The Bertz CT molecular complexity index is 1120. The van der Waals surface area contributed by atoms with Crippen LogP contribution < -0.4 is 5.32 Å². The van der Waals surface area contributed by atoms with Crippen LogP contribution in [0.2, 0.25) is 0 Å². The van der Waals surface area contributed by atoms with Crippen molar-refractivity contribution in [2.75, 3.05) is 11.1 Å². The molecule has 2 N–H and O–H groups in total. The van der Waals surface area contributed by atoms with Crippen LogP contribution in [0.5, 0.6) is 0 Å². The van der Waals surface area contributed by atoms with E-state index in [-0.39, 0.29) is 22.3 Å². The molecule has 0 radical (unpaired) electrons. The predicted octanol–water partition coefficient (Wildman–Crippen LogP) is 4.92. The number of hydrogen-bond acceptors (Lipinski definition) is 4. The molecule has 186 valence electrons. The summed E-state index contributed by atoms with van der Waals surface area (Å²) in [7, 11) is -3.43. The predicted molar refractivity (Wildman–Crippen MR) is 111 cm³/mol. The molecule has 0 aliphatic heterocycles. The lowest BCUT2D eigenvalue weighted by Crippen LogP contribution is -2.53. The van der Waals surface area contributed by atoms with Crippen molar-refractivity contribution >= 4 is 21.4 Å².